The molecular weight excluding hydrogens is 347 g/mol. The Kier molecular flexibility index (Phi) is 5.54. The molecule has 3 rings (SSSR count). The molecule has 0 aliphatic carbocycles. The van der Waals surface area contributed by atoms with Crippen LogP contribution in [0.2, 0.25) is 0 Å². The molecule has 0 aliphatic rings. The van der Waals surface area contributed by atoms with Gasteiger partial charge in [-0.2, -0.15) is 0 Å². The molecule has 0 fully saturated rings. The van der Waals surface area contributed by atoms with Gasteiger partial charge >= 0.3 is 0 Å². The van der Waals surface area contributed by atoms with Gasteiger partial charge in [0.25, 0.3) is 5.91 Å². The van der Waals surface area contributed by atoms with E-state index in [-0.39, 0.29) is 18.0 Å². The zero-order valence-corrected chi connectivity index (χ0v) is 15.5. The Morgan fingerprint density at radius 3 is 2.63 bits per heavy atom. The van der Waals surface area contributed by atoms with E-state index in [0.717, 1.165) is 12.0 Å². The summed E-state index contributed by atoms with van der Waals surface area (Å²) in [6, 6.07) is 12.2. The van der Waals surface area contributed by atoms with Crippen molar-refractivity contribution >= 4 is 11.6 Å². The van der Waals surface area contributed by atoms with Gasteiger partial charge in [0.15, 0.2) is 5.69 Å². The summed E-state index contributed by atoms with van der Waals surface area (Å²) in [5.41, 5.74) is 2.76. The van der Waals surface area contributed by atoms with Crippen molar-refractivity contribution in [2.24, 2.45) is 0 Å². The largest absolute Gasteiger partial charge is 0.489 e. The Morgan fingerprint density at radius 2 is 1.93 bits per heavy atom. The number of halogens is 1. The van der Waals surface area contributed by atoms with Gasteiger partial charge in [-0.1, -0.05) is 30.3 Å². The van der Waals surface area contributed by atoms with Crippen LogP contribution in [-0.2, 0) is 13.0 Å². The van der Waals surface area contributed by atoms with E-state index in [2.05, 4.69) is 17.4 Å². The Morgan fingerprint density at radius 1 is 1.19 bits per heavy atom. The van der Waals surface area contributed by atoms with Crippen molar-refractivity contribution in [1.82, 2.24) is 5.16 Å². The van der Waals surface area contributed by atoms with E-state index in [1.165, 1.54) is 11.6 Å². The van der Waals surface area contributed by atoms with Crippen LogP contribution in [0.4, 0.5) is 10.1 Å². The highest BCUT2D eigenvalue weighted by atomic mass is 19.1. The number of aromatic nitrogens is 1. The summed E-state index contributed by atoms with van der Waals surface area (Å²) >= 11 is 0. The maximum Gasteiger partial charge on any atom is 0.278 e. The molecule has 0 aliphatic heterocycles. The molecule has 0 unspecified atom stereocenters. The first-order chi connectivity index (χ1) is 13.0. The fourth-order valence-corrected chi connectivity index (χ4v) is 2.63. The molecule has 0 atom stereocenters. The number of carbonyl (C=O) groups is 1. The minimum atomic E-state index is -0.545. The third-order valence-corrected chi connectivity index (χ3v) is 4.28. The zero-order chi connectivity index (χ0) is 19.4. The lowest BCUT2D eigenvalue weighted by molar-refractivity contribution is 0.101. The topological polar surface area (TPSA) is 64.4 Å². The van der Waals surface area contributed by atoms with Crippen LogP contribution in [0.1, 0.15) is 39.9 Å². The molecule has 5 nitrogen and oxygen atoms in total. The minimum absolute atomic E-state index is 0.0820. The van der Waals surface area contributed by atoms with Crippen LogP contribution in [0.15, 0.2) is 47.0 Å². The van der Waals surface area contributed by atoms with Crippen molar-refractivity contribution in [2.75, 3.05) is 5.32 Å². The van der Waals surface area contributed by atoms with E-state index >= 15 is 0 Å². The van der Waals surface area contributed by atoms with Crippen molar-refractivity contribution in [3.63, 3.8) is 0 Å². The van der Waals surface area contributed by atoms with Gasteiger partial charge in [-0.15, -0.1) is 0 Å². The lowest BCUT2D eigenvalue weighted by atomic mass is 10.1. The number of carbonyl (C=O) groups excluding carboxylic acids is 1. The monoisotopic (exact) mass is 368 g/mol. The molecule has 2 aromatic carbocycles. The highest BCUT2D eigenvalue weighted by Gasteiger charge is 2.21. The van der Waals surface area contributed by atoms with Crippen LogP contribution < -0.4 is 10.1 Å². The number of hydrogen-bond acceptors (Lipinski definition) is 4. The van der Waals surface area contributed by atoms with E-state index in [1.807, 2.05) is 31.2 Å². The Balaban J connectivity index is 1.75. The fourth-order valence-electron chi connectivity index (χ4n) is 2.63. The normalized spacial score (nSPS) is 10.7. The Hall–Kier alpha value is -3.15. The molecule has 1 aromatic heterocycles. The maximum atomic E-state index is 13.9. The van der Waals surface area contributed by atoms with Crippen LogP contribution in [0, 0.1) is 19.7 Å². The number of nitrogens with one attached hydrogen (secondary N) is 1. The quantitative estimate of drug-likeness (QED) is 0.677. The van der Waals surface area contributed by atoms with Gasteiger partial charge in [-0.3, -0.25) is 4.79 Å². The lowest BCUT2D eigenvalue weighted by Crippen LogP contribution is -2.16. The molecule has 0 radical (unpaired) electrons. The number of anilines is 1. The van der Waals surface area contributed by atoms with E-state index in [0.29, 0.717) is 17.1 Å². The first kappa shape index (κ1) is 18.6. The van der Waals surface area contributed by atoms with Crippen LogP contribution in [-0.4, -0.2) is 11.1 Å². The number of aryl methyl sites for hydroxylation is 3. The highest BCUT2D eigenvalue weighted by Crippen LogP contribution is 2.21. The van der Waals surface area contributed by atoms with Gasteiger partial charge in [0.1, 0.15) is 23.9 Å². The van der Waals surface area contributed by atoms with E-state index in [9.17, 15) is 9.18 Å². The molecule has 3 aromatic rings. The molecule has 27 heavy (non-hydrogen) atoms. The molecule has 1 amide bonds. The highest BCUT2D eigenvalue weighted by molar-refractivity contribution is 6.04. The average Bonchev–Trinajstić information content (AvgIpc) is 3.04. The molecule has 0 bridgehead atoms. The third kappa shape index (κ3) is 4.34. The predicted octanol–water partition coefficient (Wildman–Crippen LogP) is 4.82. The van der Waals surface area contributed by atoms with Crippen molar-refractivity contribution in [3.05, 3.63) is 76.4 Å². The number of benzene rings is 2. The van der Waals surface area contributed by atoms with Crippen LogP contribution in [0.25, 0.3) is 0 Å². The molecule has 6 heteroatoms. The summed E-state index contributed by atoms with van der Waals surface area (Å²) in [7, 11) is 0. The summed E-state index contributed by atoms with van der Waals surface area (Å²) in [6.45, 7) is 5.73. The van der Waals surface area contributed by atoms with Crippen molar-refractivity contribution in [2.45, 2.75) is 33.8 Å². The van der Waals surface area contributed by atoms with E-state index in [4.69, 9.17) is 9.26 Å². The first-order valence-electron chi connectivity index (χ1n) is 8.72. The molecular formula is C21H21FN2O3. The second-order valence-corrected chi connectivity index (χ2v) is 6.29. The lowest BCUT2D eigenvalue weighted by Gasteiger charge is -2.09. The summed E-state index contributed by atoms with van der Waals surface area (Å²) in [6.07, 6.45) is 0.949. The molecule has 1 heterocycles. The summed E-state index contributed by atoms with van der Waals surface area (Å²) in [5, 5.41) is 6.36. The van der Waals surface area contributed by atoms with Crippen LogP contribution in [0.3, 0.4) is 0 Å². The standard InChI is InChI=1S/C21H21FN2O3/c1-4-15-6-8-16(9-7-15)26-12-17-14(3)27-24-20(17)21(25)23-19-11-13(2)5-10-18(19)22/h5-11H,4,12H2,1-3H3,(H,23,25). The van der Waals surface area contributed by atoms with Crippen molar-refractivity contribution < 1.29 is 18.4 Å². The fraction of sp³-hybridized carbons (Fsp3) is 0.238. The average molecular weight is 368 g/mol. The smallest absolute Gasteiger partial charge is 0.278 e. The molecule has 1 N–H and O–H groups in total. The second-order valence-electron chi connectivity index (χ2n) is 6.29. The predicted molar refractivity (Wildman–Crippen MR) is 100 cm³/mol. The van der Waals surface area contributed by atoms with Gasteiger partial charge in [-0.25, -0.2) is 4.39 Å². The molecule has 0 saturated carbocycles. The van der Waals surface area contributed by atoms with Gasteiger partial charge < -0.3 is 14.6 Å². The number of nitrogens with zero attached hydrogens (tertiary/aromatic N) is 1. The SMILES string of the molecule is CCc1ccc(OCc2c(C(=O)Nc3cc(C)ccc3F)noc2C)cc1. The van der Waals surface area contributed by atoms with Crippen LogP contribution in [0.5, 0.6) is 5.75 Å². The van der Waals surface area contributed by atoms with Gasteiger partial charge in [0.2, 0.25) is 0 Å². The summed E-state index contributed by atoms with van der Waals surface area (Å²) in [4.78, 5) is 12.6. The Labute approximate surface area is 157 Å². The molecule has 140 valence electrons. The van der Waals surface area contributed by atoms with Gasteiger partial charge in [0, 0.05) is 0 Å². The van der Waals surface area contributed by atoms with E-state index < -0.39 is 11.7 Å². The van der Waals surface area contributed by atoms with Gasteiger partial charge in [0.05, 0.1) is 11.3 Å². The summed E-state index contributed by atoms with van der Waals surface area (Å²) < 4.78 is 24.8. The van der Waals surface area contributed by atoms with Crippen molar-refractivity contribution in [1.29, 1.82) is 0 Å². The number of amides is 1. The number of ether oxygens (including phenoxy) is 1. The van der Waals surface area contributed by atoms with Gasteiger partial charge in [-0.05, 0) is 55.7 Å². The molecule has 0 saturated heterocycles. The second kappa shape index (κ2) is 8.03. The van der Waals surface area contributed by atoms with E-state index in [1.54, 1.807) is 19.1 Å². The first-order valence-corrected chi connectivity index (χ1v) is 8.72. The number of hydrogen-bond donors (Lipinski definition) is 1. The van der Waals surface area contributed by atoms with Crippen LogP contribution >= 0.6 is 0 Å². The molecule has 0 spiro atoms. The Bertz CT molecular complexity index is 949. The zero-order valence-electron chi connectivity index (χ0n) is 15.5. The summed E-state index contributed by atoms with van der Waals surface area (Å²) in [5.74, 6) is 0.109. The number of rotatable bonds is 6. The van der Waals surface area contributed by atoms with Crippen molar-refractivity contribution in [3.8, 4) is 5.75 Å². The third-order valence-electron chi connectivity index (χ3n) is 4.28. The minimum Gasteiger partial charge on any atom is -0.489 e. The maximum absolute atomic E-state index is 13.9.